The maximum atomic E-state index is 9.33. The molecule has 1 saturated carbocycles. The monoisotopic (exact) mass is 219 g/mol. The maximum Gasteiger partial charge on any atom is 0.115 e. The Labute approximate surface area is 97.7 Å². The highest BCUT2D eigenvalue weighted by Gasteiger charge is 2.31. The van der Waals surface area contributed by atoms with E-state index in [0.29, 0.717) is 11.8 Å². The number of hydrogen-bond acceptors (Lipinski definition) is 2. The number of aryl methyl sites for hydroxylation is 1. The largest absolute Gasteiger partial charge is 0.508 e. The first kappa shape index (κ1) is 11.3. The predicted octanol–water partition coefficient (Wildman–Crippen LogP) is 3.55. The minimum absolute atomic E-state index is 0.344. The van der Waals surface area contributed by atoms with Gasteiger partial charge in [-0.15, -0.1) is 0 Å². The number of hydrogen-bond donors (Lipinski definition) is 2. The van der Waals surface area contributed by atoms with Gasteiger partial charge in [0.15, 0.2) is 0 Å². The van der Waals surface area contributed by atoms with Crippen LogP contribution < -0.4 is 5.32 Å². The average molecular weight is 219 g/mol. The number of anilines is 1. The summed E-state index contributed by atoms with van der Waals surface area (Å²) in [5.41, 5.74) is 2.28. The van der Waals surface area contributed by atoms with Crippen molar-refractivity contribution in [3.8, 4) is 5.75 Å². The van der Waals surface area contributed by atoms with E-state index in [1.807, 2.05) is 13.0 Å². The molecule has 0 heterocycles. The Morgan fingerprint density at radius 2 is 2.00 bits per heavy atom. The molecule has 0 aliphatic heterocycles. The zero-order valence-electron chi connectivity index (χ0n) is 10.3. The van der Waals surface area contributed by atoms with Gasteiger partial charge in [0.1, 0.15) is 5.75 Å². The van der Waals surface area contributed by atoms with Crippen LogP contribution in [0.25, 0.3) is 0 Å². The summed E-state index contributed by atoms with van der Waals surface area (Å²) in [7, 11) is 0. The van der Waals surface area contributed by atoms with E-state index in [1.165, 1.54) is 12.8 Å². The molecule has 1 fully saturated rings. The first-order valence-corrected chi connectivity index (χ1v) is 6.12. The summed E-state index contributed by atoms with van der Waals surface area (Å²) in [5.74, 6) is 2.03. The Morgan fingerprint density at radius 1 is 1.31 bits per heavy atom. The van der Waals surface area contributed by atoms with Gasteiger partial charge in [-0.25, -0.2) is 0 Å². The van der Waals surface area contributed by atoms with Gasteiger partial charge in [0.05, 0.1) is 0 Å². The second-order valence-electron chi connectivity index (χ2n) is 5.32. The van der Waals surface area contributed by atoms with Crippen molar-refractivity contribution in [3.63, 3.8) is 0 Å². The van der Waals surface area contributed by atoms with Gasteiger partial charge in [0.2, 0.25) is 0 Å². The number of aromatic hydroxyl groups is 1. The van der Waals surface area contributed by atoms with Crippen LogP contribution in [0, 0.1) is 18.8 Å². The number of phenolic OH excluding ortho intramolecular Hbond substituents is 1. The van der Waals surface area contributed by atoms with E-state index >= 15 is 0 Å². The fourth-order valence-corrected chi connectivity index (χ4v) is 2.35. The minimum Gasteiger partial charge on any atom is -0.508 e. The molecule has 2 N–H and O–H groups in total. The van der Waals surface area contributed by atoms with Crippen LogP contribution in [-0.4, -0.2) is 11.1 Å². The molecular weight excluding hydrogens is 198 g/mol. The van der Waals surface area contributed by atoms with Crippen molar-refractivity contribution in [3.05, 3.63) is 23.8 Å². The van der Waals surface area contributed by atoms with Crippen molar-refractivity contribution in [2.24, 2.45) is 11.8 Å². The highest BCUT2D eigenvalue weighted by molar-refractivity contribution is 5.54. The predicted molar refractivity (Wildman–Crippen MR) is 67.8 cm³/mol. The molecule has 0 aromatic heterocycles. The third kappa shape index (κ3) is 2.31. The van der Waals surface area contributed by atoms with E-state index in [9.17, 15) is 5.11 Å². The Kier molecular flexibility index (Phi) is 3.08. The van der Waals surface area contributed by atoms with Gasteiger partial charge in [0, 0.05) is 11.7 Å². The first-order chi connectivity index (χ1) is 7.56. The summed E-state index contributed by atoms with van der Waals surface area (Å²) in [5, 5.41) is 12.9. The van der Waals surface area contributed by atoms with Crippen LogP contribution in [-0.2, 0) is 0 Å². The summed E-state index contributed by atoms with van der Waals surface area (Å²) >= 11 is 0. The Balaban J connectivity index is 1.91. The number of nitrogens with one attached hydrogen (secondary N) is 1. The van der Waals surface area contributed by atoms with E-state index in [1.54, 1.807) is 12.1 Å². The van der Waals surface area contributed by atoms with Crippen molar-refractivity contribution >= 4 is 5.69 Å². The molecule has 1 aliphatic rings. The standard InChI is InChI=1S/C14H21NO/c1-9(2)11-7-12(8-11)15-14-5-4-13(16)6-10(14)3/h4-6,9,11-12,15-16H,7-8H2,1-3H3. The molecule has 0 atom stereocenters. The van der Waals surface area contributed by atoms with Crippen LogP contribution in [0.4, 0.5) is 5.69 Å². The van der Waals surface area contributed by atoms with Gasteiger partial charge in [0.25, 0.3) is 0 Å². The van der Waals surface area contributed by atoms with Crippen molar-refractivity contribution in [1.29, 1.82) is 0 Å². The van der Waals surface area contributed by atoms with Crippen LogP contribution in [0.3, 0.4) is 0 Å². The summed E-state index contributed by atoms with van der Waals surface area (Å²) in [4.78, 5) is 0. The molecule has 1 aliphatic carbocycles. The fraction of sp³-hybridized carbons (Fsp3) is 0.571. The SMILES string of the molecule is Cc1cc(O)ccc1NC1CC(C(C)C)C1. The lowest BCUT2D eigenvalue weighted by molar-refractivity contribution is 0.212. The highest BCUT2D eigenvalue weighted by Crippen LogP contribution is 2.36. The summed E-state index contributed by atoms with van der Waals surface area (Å²) < 4.78 is 0. The van der Waals surface area contributed by atoms with Crippen LogP contribution >= 0.6 is 0 Å². The van der Waals surface area contributed by atoms with Gasteiger partial charge < -0.3 is 10.4 Å². The van der Waals surface area contributed by atoms with Crippen LogP contribution in [0.1, 0.15) is 32.3 Å². The van der Waals surface area contributed by atoms with Gasteiger partial charge in [-0.1, -0.05) is 13.8 Å². The molecule has 2 nitrogen and oxygen atoms in total. The minimum atomic E-state index is 0.344. The van der Waals surface area contributed by atoms with E-state index in [0.717, 1.165) is 23.1 Å². The normalized spacial score (nSPS) is 24.2. The van der Waals surface area contributed by atoms with Crippen molar-refractivity contribution in [2.75, 3.05) is 5.32 Å². The Bertz CT molecular complexity index is 367. The van der Waals surface area contributed by atoms with Gasteiger partial charge in [-0.2, -0.15) is 0 Å². The van der Waals surface area contributed by atoms with Crippen molar-refractivity contribution < 1.29 is 5.11 Å². The molecule has 0 unspecified atom stereocenters. The fourth-order valence-electron chi connectivity index (χ4n) is 2.35. The molecule has 1 aromatic carbocycles. The molecular formula is C14H21NO. The third-order valence-electron chi connectivity index (χ3n) is 3.69. The maximum absolute atomic E-state index is 9.33. The molecule has 88 valence electrons. The molecule has 0 saturated heterocycles. The number of rotatable bonds is 3. The van der Waals surface area contributed by atoms with Crippen LogP contribution in [0.15, 0.2) is 18.2 Å². The zero-order valence-corrected chi connectivity index (χ0v) is 10.3. The highest BCUT2D eigenvalue weighted by atomic mass is 16.3. The molecule has 0 radical (unpaired) electrons. The molecule has 1 aromatic rings. The Morgan fingerprint density at radius 3 is 2.56 bits per heavy atom. The topological polar surface area (TPSA) is 32.3 Å². The molecule has 0 spiro atoms. The van der Waals surface area contributed by atoms with E-state index < -0.39 is 0 Å². The van der Waals surface area contributed by atoms with Crippen LogP contribution in [0.2, 0.25) is 0 Å². The molecule has 16 heavy (non-hydrogen) atoms. The summed E-state index contributed by atoms with van der Waals surface area (Å²) in [6.45, 7) is 6.63. The molecule has 0 amide bonds. The number of phenols is 1. The molecule has 2 rings (SSSR count). The lowest BCUT2D eigenvalue weighted by Gasteiger charge is -2.39. The zero-order chi connectivity index (χ0) is 11.7. The van der Waals surface area contributed by atoms with E-state index in [-0.39, 0.29) is 0 Å². The lowest BCUT2D eigenvalue weighted by Crippen LogP contribution is -2.38. The number of benzene rings is 1. The summed E-state index contributed by atoms with van der Waals surface area (Å²) in [6.07, 6.45) is 2.55. The molecule has 0 bridgehead atoms. The van der Waals surface area contributed by atoms with Gasteiger partial charge in [-0.05, 0) is 55.4 Å². The summed E-state index contributed by atoms with van der Waals surface area (Å²) in [6, 6.07) is 6.14. The quantitative estimate of drug-likeness (QED) is 0.762. The molecule has 2 heteroatoms. The second kappa shape index (κ2) is 4.36. The third-order valence-corrected chi connectivity index (χ3v) is 3.69. The average Bonchev–Trinajstić information content (AvgIpc) is 2.12. The first-order valence-electron chi connectivity index (χ1n) is 6.12. The lowest BCUT2D eigenvalue weighted by atomic mass is 9.73. The van der Waals surface area contributed by atoms with E-state index in [2.05, 4.69) is 19.2 Å². The van der Waals surface area contributed by atoms with E-state index in [4.69, 9.17) is 0 Å². The van der Waals surface area contributed by atoms with Gasteiger partial charge >= 0.3 is 0 Å². The second-order valence-corrected chi connectivity index (χ2v) is 5.32. The Hall–Kier alpha value is -1.18. The smallest absolute Gasteiger partial charge is 0.115 e. The van der Waals surface area contributed by atoms with Crippen molar-refractivity contribution in [2.45, 2.75) is 39.7 Å². The van der Waals surface area contributed by atoms with Gasteiger partial charge in [-0.3, -0.25) is 0 Å². The van der Waals surface area contributed by atoms with Crippen LogP contribution in [0.5, 0.6) is 5.75 Å². The van der Waals surface area contributed by atoms with Crippen molar-refractivity contribution in [1.82, 2.24) is 0 Å².